The molecule has 5 atom stereocenters. The Morgan fingerprint density at radius 2 is 1.31 bits per heavy atom. The van der Waals surface area contributed by atoms with E-state index in [4.69, 9.17) is 9.47 Å². The molecular formula is C47H43F4N10O6Ru. The molecule has 9 rings (SSSR count). The van der Waals surface area contributed by atoms with Gasteiger partial charge in [-0.25, -0.2) is 17.6 Å². The number of aryl methyl sites for hydroxylation is 1. The van der Waals surface area contributed by atoms with Gasteiger partial charge in [0.05, 0.1) is 53.4 Å². The molecule has 6 aromatic heterocycles. The Morgan fingerprint density at radius 1 is 0.735 bits per heavy atom. The van der Waals surface area contributed by atoms with Crippen LogP contribution in [0.5, 0.6) is 0 Å². The van der Waals surface area contributed by atoms with Gasteiger partial charge < -0.3 is 40.2 Å². The number of allylic oxidation sites excluding steroid dienone is 2. The van der Waals surface area contributed by atoms with Crippen LogP contribution in [0, 0.1) is 23.3 Å². The van der Waals surface area contributed by atoms with Crippen LogP contribution in [0.1, 0.15) is 23.4 Å². The molecule has 0 spiro atoms. The Balaban J connectivity index is 0.000000244. The maximum Gasteiger partial charge on any atom is 1.00 e. The minimum atomic E-state index is -1.60. The first kappa shape index (κ1) is 50.7. The van der Waals surface area contributed by atoms with Gasteiger partial charge in [0.15, 0.2) is 29.6 Å². The molecule has 1 saturated heterocycles. The SMILES string of the molecule is OCC1OC(OCc2cn(CCCNc3c(F)c(F)c(C(=C4C=CC=N4)c4ccc[n-]4)c(F)c3F)nn2)C(O)C(O)C1O.[Ru+].c1ccc(-c2ccccn2)nc1.c1ccc(-c2ccccn2)nc1. The molecule has 0 saturated carbocycles. The molecule has 7 aromatic rings. The van der Waals surface area contributed by atoms with Gasteiger partial charge >= 0.3 is 19.5 Å². The van der Waals surface area contributed by atoms with Crippen LogP contribution >= 0.6 is 0 Å². The molecule has 353 valence electrons. The molecule has 1 radical (unpaired) electrons. The number of hydrogen-bond donors (Lipinski definition) is 5. The van der Waals surface area contributed by atoms with E-state index in [0.29, 0.717) is 5.69 Å². The number of nitrogens with zero attached hydrogens (tertiary/aromatic N) is 9. The van der Waals surface area contributed by atoms with E-state index in [1.165, 1.54) is 47.6 Å². The Bertz CT molecular complexity index is 2550. The number of halogens is 4. The number of hydrogen-bond acceptors (Lipinski definition) is 14. The number of aliphatic imine (C=N–C) groups is 1. The molecule has 5 N–H and O–H groups in total. The van der Waals surface area contributed by atoms with Crippen LogP contribution in [0.15, 0.2) is 145 Å². The summed E-state index contributed by atoms with van der Waals surface area (Å²) in [5, 5.41) is 49.2. The van der Waals surface area contributed by atoms with E-state index < -0.39 is 71.8 Å². The molecule has 1 fully saturated rings. The van der Waals surface area contributed by atoms with Crippen molar-refractivity contribution in [2.24, 2.45) is 4.99 Å². The van der Waals surface area contributed by atoms with Gasteiger partial charge in [-0.1, -0.05) is 41.6 Å². The predicted molar refractivity (Wildman–Crippen MR) is 236 cm³/mol. The van der Waals surface area contributed by atoms with E-state index in [9.17, 15) is 20.4 Å². The van der Waals surface area contributed by atoms with Crippen molar-refractivity contribution < 1.29 is 66.9 Å². The molecule has 5 unspecified atom stereocenters. The zero-order valence-electron chi connectivity index (χ0n) is 35.7. The molecule has 21 heteroatoms. The molecular weight excluding hydrogens is 978 g/mol. The maximum atomic E-state index is 15.2. The smallest absolute Gasteiger partial charge is 0.664 e. The second kappa shape index (κ2) is 24.9. The van der Waals surface area contributed by atoms with Gasteiger partial charge in [0.1, 0.15) is 35.8 Å². The summed E-state index contributed by atoms with van der Waals surface area (Å²) in [6.07, 6.45) is 7.30. The van der Waals surface area contributed by atoms with E-state index in [1.807, 2.05) is 72.8 Å². The van der Waals surface area contributed by atoms with E-state index in [2.05, 4.69) is 45.5 Å². The second-order valence-electron chi connectivity index (χ2n) is 14.5. The predicted octanol–water partition coefficient (Wildman–Crippen LogP) is 5.30. The van der Waals surface area contributed by atoms with Crippen molar-refractivity contribution >= 4 is 17.5 Å². The number of nitrogens with one attached hydrogen (secondary N) is 1. The first-order chi connectivity index (χ1) is 32.6. The Morgan fingerprint density at radius 3 is 1.78 bits per heavy atom. The molecule has 0 amide bonds. The van der Waals surface area contributed by atoms with E-state index >= 15 is 17.6 Å². The zero-order valence-corrected chi connectivity index (χ0v) is 37.4. The van der Waals surface area contributed by atoms with E-state index in [1.54, 1.807) is 24.8 Å². The minimum Gasteiger partial charge on any atom is -0.664 e. The number of aliphatic hydroxyl groups excluding tert-OH is 4. The van der Waals surface area contributed by atoms with Crippen molar-refractivity contribution in [2.75, 3.05) is 18.5 Å². The average Bonchev–Trinajstić information content (AvgIpc) is 4.21. The number of anilines is 1. The molecule has 68 heavy (non-hydrogen) atoms. The van der Waals surface area contributed by atoms with Crippen LogP contribution in [0.3, 0.4) is 0 Å². The molecule has 0 aliphatic carbocycles. The normalized spacial score (nSPS) is 19.0. The van der Waals surface area contributed by atoms with Crippen LogP contribution in [-0.2, 0) is 42.1 Å². The van der Waals surface area contributed by atoms with Crippen molar-refractivity contribution in [3.05, 3.63) is 180 Å². The summed E-state index contributed by atoms with van der Waals surface area (Å²) in [7, 11) is 0. The number of aliphatic hydroxyl groups is 4. The third kappa shape index (κ3) is 12.6. The largest absolute Gasteiger partial charge is 1.00 e. The third-order valence-corrected chi connectivity index (χ3v) is 10.0. The summed E-state index contributed by atoms with van der Waals surface area (Å²) in [4.78, 5) is 24.8. The molecule has 2 aliphatic heterocycles. The summed E-state index contributed by atoms with van der Waals surface area (Å²) in [6.45, 7) is -0.713. The fraction of sp³-hybridized carbons (Fsp3) is 0.213. The molecule has 16 nitrogen and oxygen atoms in total. The quantitative estimate of drug-likeness (QED) is 0.0429. The van der Waals surface area contributed by atoms with Gasteiger partial charge in [-0.3, -0.25) is 29.6 Å². The van der Waals surface area contributed by atoms with Crippen molar-refractivity contribution in [3.63, 3.8) is 0 Å². The third-order valence-electron chi connectivity index (χ3n) is 10.0. The number of pyridine rings is 4. The van der Waals surface area contributed by atoms with Crippen LogP contribution in [0.2, 0.25) is 0 Å². The van der Waals surface area contributed by atoms with E-state index in [-0.39, 0.29) is 62.6 Å². The van der Waals surface area contributed by atoms with Gasteiger partial charge in [-0.15, -0.1) is 10.8 Å². The van der Waals surface area contributed by atoms with Crippen molar-refractivity contribution in [1.29, 1.82) is 0 Å². The number of rotatable bonds is 13. The monoisotopic (exact) mass is 1020 g/mol. The molecule has 0 bridgehead atoms. The first-order valence-electron chi connectivity index (χ1n) is 20.7. The summed E-state index contributed by atoms with van der Waals surface area (Å²) in [6, 6.07) is 26.2. The average molecular weight is 1020 g/mol. The summed E-state index contributed by atoms with van der Waals surface area (Å²) in [5.41, 5.74) is 2.09. The first-order valence-corrected chi connectivity index (χ1v) is 20.7. The Kier molecular flexibility index (Phi) is 18.6. The Hall–Kier alpha value is -6.71. The topological polar surface area (TPSA) is 220 Å². The fourth-order valence-corrected chi connectivity index (χ4v) is 6.69. The standard InChI is InChI=1S/C27H27F4N6O6.2C10H8N2.Ru/c28-19-18(17(14-4-1-6-32-14)15-5-2-7-33-15)20(29)22(31)23(21(19)30)34-8-3-9-37-10-13(35-36-37)12-42-27-26(41)25(40)24(39)16(11-38)43-27;2*1-3-7-11-9(5-1)10-6-2-4-8-12-10;/h1-2,4-7,10,16,24-27,34,38-41H,3,8-9,11-12H2;2*1-8H;/q-1;;;+1. The zero-order chi connectivity index (χ0) is 47.1. The fourth-order valence-electron chi connectivity index (χ4n) is 6.69. The van der Waals surface area contributed by atoms with Crippen LogP contribution in [0.4, 0.5) is 23.2 Å². The second-order valence-corrected chi connectivity index (χ2v) is 14.5. The van der Waals surface area contributed by atoms with Crippen LogP contribution < -0.4 is 10.3 Å². The van der Waals surface area contributed by atoms with Crippen LogP contribution in [-0.4, -0.2) is 105 Å². The molecule has 1 aromatic carbocycles. The van der Waals surface area contributed by atoms with Gasteiger partial charge in [-0.2, -0.15) is 6.20 Å². The van der Waals surface area contributed by atoms with Crippen molar-refractivity contribution in [2.45, 2.75) is 50.3 Å². The van der Waals surface area contributed by atoms with Gasteiger partial charge in [-0.05, 0) is 72.7 Å². The van der Waals surface area contributed by atoms with Gasteiger partial charge in [0, 0.05) is 44.1 Å². The number of benzene rings is 1. The summed E-state index contributed by atoms with van der Waals surface area (Å²) < 4.78 is 72.6. The summed E-state index contributed by atoms with van der Waals surface area (Å²) in [5.74, 6) is -6.39. The molecule has 2 aliphatic rings. The van der Waals surface area contributed by atoms with E-state index in [0.717, 1.165) is 22.8 Å². The number of aromatic nitrogens is 8. The Labute approximate surface area is 399 Å². The molecule has 8 heterocycles. The number of ether oxygens (including phenoxy) is 2. The van der Waals surface area contributed by atoms with Crippen molar-refractivity contribution in [1.82, 2.24) is 39.9 Å². The summed E-state index contributed by atoms with van der Waals surface area (Å²) >= 11 is 0. The van der Waals surface area contributed by atoms with Gasteiger partial charge in [0.2, 0.25) is 0 Å². The maximum absolute atomic E-state index is 15.2. The van der Waals surface area contributed by atoms with Gasteiger partial charge in [0.25, 0.3) is 0 Å². The van der Waals surface area contributed by atoms with Crippen molar-refractivity contribution in [3.8, 4) is 22.8 Å². The minimum absolute atomic E-state index is 0. The van der Waals surface area contributed by atoms with Crippen LogP contribution in [0.25, 0.3) is 28.3 Å².